The van der Waals surface area contributed by atoms with Gasteiger partial charge in [-0.15, -0.1) is 0 Å². The molecule has 1 aliphatic carbocycles. The molecule has 2 fully saturated rings. The van der Waals surface area contributed by atoms with Gasteiger partial charge in [0.25, 0.3) is 0 Å². The first kappa shape index (κ1) is 19.9. The van der Waals surface area contributed by atoms with Crippen LogP contribution in [-0.4, -0.2) is 39.2 Å². The van der Waals surface area contributed by atoms with Gasteiger partial charge in [0.05, 0.1) is 31.3 Å². The predicted octanol–water partition coefficient (Wildman–Crippen LogP) is 3.92. The lowest BCUT2D eigenvalue weighted by atomic mass is 9.94. The maximum atomic E-state index is 11.8. The maximum absolute atomic E-state index is 11.8. The van der Waals surface area contributed by atoms with Gasteiger partial charge in [0, 0.05) is 30.7 Å². The van der Waals surface area contributed by atoms with E-state index in [1.807, 2.05) is 24.4 Å². The van der Waals surface area contributed by atoms with Crippen molar-refractivity contribution in [2.75, 3.05) is 13.7 Å². The molecule has 3 heterocycles. The fourth-order valence-corrected chi connectivity index (χ4v) is 4.96. The van der Waals surface area contributed by atoms with Crippen LogP contribution in [0.5, 0.6) is 0 Å². The van der Waals surface area contributed by atoms with Crippen LogP contribution in [0.2, 0.25) is 0 Å². The minimum absolute atomic E-state index is 0.0148. The SMILES string of the molecule is COC(=O)CCN1C(=S)N[C@@H](c2ccccn2)[C@H]1c1cccn1C1CCCCC1. The molecule has 2 aromatic rings. The zero-order valence-corrected chi connectivity index (χ0v) is 17.6. The third-order valence-electron chi connectivity index (χ3n) is 6.07. The number of carbonyl (C=O) groups excluding carboxylic acids is 1. The summed E-state index contributed by atoms with van der Waals surface area (Å²) in [5.41, 5.74) is 2.18. The zero-order chi connectivity index (χ0) is 20.2. The summed E-state index contributed by atoms with van der Waals surface area (Å²) in [5, 5.41) is 4.12. The number of hydrogen-bond donors (Lipinski definition) is 1. The van der Waals surface area contributed by atoms with Gasteiger partial charge in [-0.25, -0.2) is 0 Å². The van der Waals surface area contributed by atoms with Gasteiger partial charge >= 0.3 is 5.97 Å². The number of nitrogens with one attached hydrogen (secondary N) is 1. The van der Waals surface area contributed by atoms with E-state index in [1.165, 1.54) is 44.9 Å². The van der Waals surface area contributed by atoms with Crippen LogP contribution in [0.25, 0.3) is 0 Å². The standard InChI is InChI=1S/C22H28N4O2S/c1-28-19(27)12-15-26-21(20(24-22(26)29)17-10-5-6-13-23-17)18-11-7-14-25(18)16-8-3-2-4-9-16/h5-7,10-11,13-14,16,20-21H,2-4,8-9,12,15H2,1H3,(H,24,29)/t20-,21+/m0/s1. The van der Waals surface area contributed by atoms with E-state index in [2.05, 4.69) is 38.1 Å². The zero-order valence-electron chi connectivity index (χ0n) is 16.8. The summed E-state index contributed by atoms with van der Waals surface area (Å²) < 4.78 is 7.29. The van der Waals surface area contributed by atoms with Gasteiger partial charge in [0.1, 0.15) is 0 Å². The maximum Gasteiger partial charge on any atom is 0.307 e. The lowest BCUT2D eigenvalue weighted by molar-refractivity contribution is -0.140. The Balaban J connectivity index is 1.69. The monoisotopic (exact) mass is 412 g/mol. The number of nitrogens with zero attached hydrogens (tertiary/aromatic N) is 3. The summed E-state index contributed by atoms with van der Waals surface area (Å²) in [6.45, 7) is 0.516. The van der Waals surface area contributed by atoms with Crippen LogP contribution in [0, 0.1) is 0 Å². The smallest absolute Gasteiger partial charge is 0.307 e. The molecule has 1 saturated carbocycles. The van der Waals surface area contributed by atoms with Gasteiger partial charge in [0.15, 0.2) is 5.11 Å². The van der Waals surface area contributed by atoms with Crippen LogP contribution >= 0.6 is 12.2 Å². The summed E-state index contributed by atoms with van der Waals surface area (Å²) in [5.74, 6) is -0.226. The summed E-state index contributed by atoms with van der Waals surface area (Å²) in [4.78, 5) is 18.5. The van der Waals surface area contributed by atoms with Crippen molar-refractivity contribution < 1.29 is 9.53 Å². The summed E-state index contributed by atoms with van der Waals surface area (Å²) in [6.07, 6.45) is 10.6. The third-order valence-corrected chi connectivity index (χ3v) is 6.42. The van der Waals surface area contributed by atoms with Crippen molar-refractivity contribution in [1.29, 1.82) is 0 Å². The minimum atomic E-state index is -0.226. The van der Waals surface area contributed by atoms with Crippen molar-refractivity contribution in [3.05, 3.63) is 54.1 Å². The highest BCUT2D eigenvalue weighted by Gasteiger charge is 2.41. The molecular formula is C22H28N4O2S. The first-order valence-electron chi connectivity index (χ1n) is 10.4. The Bertz CT molecular complexity index is 848. The minimum Gasteiger partial charge on any atom is -0.469 e. The number of methoxy groups -OCH3 is 1. The second-order valence-electron chi connectivity index (χ2n) is 7.78. The van der Waals surface area contributed by atoms with Gasteiger partial charge in [-0.3, -0.25) is 9.78 Å². The quantitative estimate of drug-likeness (QED) is 0.573. The highest BCUT2D eigenvalue weighted by Crippen LogP contribution is 2.41. The van der Waals surface area contributed by atoms with Crippen molar-refractivity contribution in [1.82, 2.24) is 19.8 Å². The molecule has 1 aliphatic heterocycles. The molecule has 0 amide bonds. The summed E-state index contributed by atoms with van der Waals surface area (Å²) in [6, 6.07) is 10.7. The number of carbonyl (C=O) groups is 1. The average molecular weight is 413 g/mol. The second-order valence-corrected chi connectivity index (χ2v) is 8.16. The van der Waals surface area contributed by atoms with E-state index in [-0.39, 0.29) is 18.1 Å². The first-order chi connectivity index (χ1) is 14.2. The number of ether oxygens (including phenoxy) is 1. The van der Waals surface area contributed by atoms with Crippen LogP contribution in [0.1, 0.15) is 68.0 Å². The Hall–Kier alpha value is -2.41. The van der Waals surface area contributed by atoms with Crippen LogP contribution < -0.4 is 5.32 Å². The molecule has 2 atom stereocenters. The molecule has 0 spiro atoms. The van der Waals surface area contributed by atoms with E-state index in [9.17, 15) is 4.79 Å². The van der Waals surface area contributed by atoms with Crippen molar-refractivity contribution >= 4 is 23.3 Å². The molecule has 2 aliphatic rings. The predicted molar refractivity (Wildman–Crippen MR) is 115 cm³/mol. The van der Waals surface area contributed by atoms with Crippen molar-refractivity contribution in [3.63, 3.8) is 0 Å². The van der Waals surface area contributed by atoms with Crippen LogP contribution in [-0.2, 0) is 9.53 Å². The summed E-state index contributed by atoms with van der Waals surface area (Å²) >= 11 is 5.68. The average Bonchev–Trinajstić information content (AvgIpc) is 3.37. The third kappa shape index (κ3) is 4.15. The molecule has 2 aromatic heterocycles. The number of aromatic nitrogens is 2. The Labute approximate surface area is 177 Å². The van der Waals surface area contributed by atoms with E-state index in [1.54, 1.807) is 0 Å². The van der Waals surface area contributed by atoms with Gasteiger partial charge in [0.2, 0.25) is 0 Å². The van der Waals surface area contributed by atoms with Crippen LogP contribution in [0.15, 0.2) is 42.7 Å². The lowest BCUT2D eigenvalue weighted by Crippen LogP contribution is -2.33. The Morgan fingerprint density at radius 3 is 2.79 bits per heavy atom. The highest BCUT2D eigenvalue weighted by molar-refractivity contribution is 7.80. The van der Waals surface area contributed by atoms with Crippen molar-refractivity contribution in [2.45, 2.75) is 56.7 Å². The molecule has 29 heavy (non-hydrogen) atoms. The number of hydrogen-bond acceptors (Lipinski definition) is 4. The van der Waals surface area contributed by atoms with E-state index < -0.39 is 0 Å². The molecule has 4 rings (SSSR count). The van der Waals surface area contributed by atoms with E-state index in [4.69, 9.17) is 17.0 Å². The number of esters is 1. The number of rotatable bonds is 6. The number of thiocarbonyl (C=S) groups is 1. The van der Waals surface area contributed by atoms with Crippen LogP contribution in [0.4, 0.5) is 0 Å². The molecule has 0 radical (unpaired) electrons. The van der Waals surface area contributed by atoms with Gasteiger partial charge in [-0.1, -0.05) is 25.3 Å². The van der Waals surface area contributed by atoms with Crippen molar-refractivity contribution in [3.8, 4) is 0 Å². The number of pyridine rings is 1. The molecule has 154 valence electrons. The van der Waals surface area contributed by atoms with E-state index >= 15 is 0 Å². The second kappa shape index (κ2) is 8.95. The molecular weight excluding hydrogens is 384 g/mol. The van der Waals surface area contributed by atoms with Crippen LogP contribution in [0.3, 0.4) is 0 Å². The molecule has 7 heteroatoms. The molecule has 1 N–H and O–H groups in total. The first-order valence-corrected chi connectivity index (χ1v) is 10.8. The Morgan fingerprint density at radius 2 is 2.07 bits per heavy atom. The normalized spacial score (nSPS) is 22.5. The van der Waals surface area contributed by atoms with Crippen molar-refractivity contribution in [2.24, 2.45) is 0 Å². The van der Waals surface area contributed by atoms with Gasteiger partial charge in [-0.05, 0) is 49.3 Å². The largest absolute Gasteiger partial charge is 0.469 e. The fourth-order valence-electron chi connectivity index (χ4n) is 4.63. The van der Waals surface area contributed by atoms with Gasteiger partial charge < -0.3 is 19.5 Å². The molecule has 0 bridgehead atoms. The molecule has 0 aromatic carbocycles. The van der Waals surface area contributed by atoms with E-state index in [0.717, 1.165) is 5.69 Å². The topological polar surface area (TPSA) is 59.4 Å². The lowest BCUT2D eigenvalue weighted by Gasteiger charge is -2.32. The van der Waals surface area contributed by atoms with Gasteiger partial charge in [-0.2, -0.15) is 0 Å². The summed E-state index contributed by atoms with van der Waals surface area (Å²) in [7, 11) is 1.42. The Morgan fingerprint density at radius 1 is 1.24 bits per heavy atom. The molecule has 6 nitrogen and oxygen atoms in total. The van der Waals surface area contributed by atoms with E-state index in [0.29, 0.717) is 24.1 Å². The fraction of sp³-hybridized carbons (Fsp3) is 0.500. The highest BCUT2D eigenvalue weighted by atomic mass is 32.1. The molecule has 0 unspecified atom stereocenters. The Kier molecular flexibility index (Phi) is 6.13. The molecule has 1 saturated heterocycles.